The standard InChI is InChI=1S/C17H23NO4/c1-2-9-21-16(20)13-12-7-8-17(22-12)10-18(15(19)14(13)17)11-5-3-4-6-11/h7-8,11-14H,2-6,9-10H2,1H3/t12-,13-,14-,17+/m0/s1. The lowest BCUT2D eigenvalue weighted by Crippen LogP contribution is -2.41. The zero-order valence-electron chi connectivity index (χ0n) is 13.0. The molecule has 3 heterocycles. The number of ether oxygens (including phenoxy) is 2. The van der Waals surface area contributed by atoms with E-state index in [1.165, 1.54) is 12.8 Å². The Balaban J connectivity index is 1.58. The number of amides is 1. The topological polar surface area (TPSA) is 55.8 Å². The summed E-state index contributed by atoms with van der Waals surface area (Å²) in [7, 11) is 0. The minimum atomic E-state index is -0.583. The molecule has 2 saturated heterocycles. The summed E-state index contributed by atoms with van der Waals surface area (Å²) in [6, 6.07) is 0.329. The number of hydrogen-bond acceptors (Lipinski definition) is 4. The molecule has 1 aliphatic carbocycles. The molecule has 1 saturated carbocycles. The van der Waals surface area contributed by atoms with Crippen LogP contribution in [0.15, 0.2) is 12.2 Å². The van der Waals surface area contributed by atoms with Crippen LogP contribution < -0.4 is 0 Å². The van der Waals surface area contributed by atoms with Crippen molar-refractivity contribution in [3.8, 4) is 0 Å². The fraction of sp³-hybridized carbons (Fsp3) is 0.765. The van der Waals surface area contributed by atoms with Gasteiger partial charge < -0.3 is 14.4 Å². The van der Waals surface area contributed by atoms with Crippen LogP contribution in [0.1, 0.15) is 39.0 Å². The summed E-state index contributed by atoms with van der Waals surface area (Å²) in [5, 5.41) is 0. The molecule has 22 heavy (non-hydrogen) atoms. The van der Waals surface area contributed by atoms with Gasteiger partial charge in [0.1, 0.15) is 11.5 Å². The van der Waals surface area contributed by atoms with Crippen LogP contribution in [-0.4, -0.2) is 47.7 Å². The number of esters is 1. The fourth-order valence-electron chi connectivity index (χ4n) is 4.62. The highest BCUT2D eigenvalue weighted by molar-refractivity contribution is 5.91. The molecular formula is C17H23NO4. The van der Waals surface area contributed by atoms with Gasteiger partial charge >= 0.3 is 5.97 Å². The molecule has 4 rings (SSSR count). The van der Waals surface area contributed by atoms with Gasteiger partial charge in [-0.05, 0) is 19.3 Å². The van der Waals surface area contributed by atoms with Crippen LogP contribution in [0.4, 0.5) is 0 Å². The number of carbonyl (C=O) groups is 2. The third-order valence-electron chi connectivity index (χ3n) is 5.62. The SMILES string of the molecule is CCCOC(=O)[C@H]1[C@@H]2C=C[C@]3(CN(C4CCCC4)C(=O)[C@H]13)O2. The molecule has 4 atom stereocenters. The van der Waals surface area contributed by atoms with Crippen LogP contribution in [-0.2, 0) is 19.1 Å². The molecule has 120 valence electrons. The number of nitrogens with zero attached hydrogens (tertiary/aromatic N) is 1. The largest absolute Gasteiger partial charge is 0.465 e. The maximum absolute atomic E-state index is 13.0. The van der Waals surface area contributed by atoms with Crippen molar-refractivity contribution in [1.82, 2.24) is 4.90 Å². The fourth-order valence-corrected chi connectivity index (χ4v) is 4.62. The molecule has 5 heteroatoms. The maximum atomic E-state index is 13.0. The second kappa shape index (κ2) is 5.08. The van der Waals surface area contributed by atoms with Crippen LogP contribution in [0.5, 0.6) is 0 Å². The third kappa shape index (κ3) is 1.87. The van der Waals surface area contributed by atoms with Gasteiger partial charge in [0.05, 0.1) is 25.2 Å². The van der Waals surface area contributed by atoms with E-state index in [0.29, 0.717) is 19.2 Å². The van der Waals surface area contributed by atoms with Gasteiger partial charge in [-0.1, -0.05) is 31.9 Å². The summed E-state index contributed by atoms with van der Waals surface area (Å²) < 4.78 is 11.4. The predicted molar refractivity (Wildman–Crippen MR) is 78.9 cm³/mol. The van der Waals surface area contributed by atoms with Crippen molar-refractivity contribution in [3.63, 3.8) is 0 Å². The van der Waals surface area contributed by atoms with E-state index in [0.717, 1.165) is 19.3 Å². The predicted octanol–water partition coefficient (Wildman–Crippen LogP) is 1.66. The van der Waals surface area contributed by atoms with Crippen LogP contribution >= 0.6 is 0 Å². The first kappa shape index (κ1) is 14.2. The van der Waals surface area contributed by atoms with E-state index in [2.05, 4.69) is 0 Å². The molecule has 3 aliphatic heterocycles. The van der Waals surface area contributed by atoms with E-state index >= 15 is 0 Å². The Kier molecular flexibility index (Phi) is 3.29. The molecule has 5 nitrogen and oxygen atoms in total. The third-order valence-corrected chi connectivity index (χ3v) is 5.62. The first-order valence-corrected chi connectivity index (χ1v) is 8.50. The van der Waals surface area contributed by atoms with Gasteiger partial charge in [-0.2, -0.15) is 0 Å². The highest BCUT2D eigenvalue weighted by Crippen LogP contribution is 2.53. The Morgan fingerprint density at radius 1 is 1.45 bits per heavy atom. The lowest BCUT2D eigenvalue weighted by atomic mass is 9.77. The summed E-state index contributed by atoms with van der Waals surface area (Å²) in [5.41, 5.74) is -0.583. The van der Waals surface area contributed by atoms with Crippen molar-refractivity contribution >= 4 is 11.9 Å². The van der Waals surface area contributed by atoms with Crippen molar-refractivity contribution in [2.75, 3.05) is 13.2 Å². The average Bonchev–Trinajstić information content (AvgIpc) is 3.25. The molecule has 0 aromatic carbocycles. The first-order chi connectivity index (χ1) is 10.7. The quantitative estimate of drug-likeness (QED) is 0.585. The average molecular weight is 305 g/mol. The number of hydrogen-bond donors (Lipinski definition) is 0. The minimum Gasteiger partial charge on any atom is -0.465 e. The molecule has 1 spiro atoms. The number of likely N-dealkylation sites (tertiary alicyclic amines) is 1. The molecule has 0 N–H and O–H groups in total. The van der Waals surface area contributed by atoms with E-state index in [9.17, 15) is 9.59 Å². The number of fused-ring (bicyclic) bond motifs is 1. The minimum absolute atomic E-state index is 0.0946. The zero-order chi connectivity index (χ0) is 15.3. The Morgan fingerprint density at radius 2 is 2.23 bits per heavy atom. The summed E-state index contributed by atoms with van der Waals surface area (Å²) in [4.78, 5) is 27.3. The van der Waals surface area contributed by atoms with Gasteiger partial charge in [0.25, 0.3) is 0 Å². The maximum Gasteiger partial charge on any atom is 0.312 e. The van der Waals surface area contributed by atoms with E-state index in [-0.39, 0.29) is 23.9 Å². The molecule has 4 aliphatic rings. The monoisotopic (exact) mass is 305 g/mol. The summed E-state index contributed by atoms with van der Waals surface area (Å²) in [6.45, 7) is 2.98. The van der Waals surface area contributed by atoms with Crippen molar-refractivity contribution in [1.29, 1.82) is 0 Å². The van der Waals surface area contributed by atoms with Crippen molar-refractivity contribution in [3.05, 3.63) is 12.2 Å². The molecule has 0 radical (unpaired) electrons. The van der Waals surface area contributed by atoms with E-state index in [1.54, 1.807) is 0 Å². The Labute approximate surface area is 130 Å². The Hall–Kier alpha value is -1.36. The van der Waals surface area contributed by atoms with E-state index < -0.39 is 11.5 Å². The summed E-state index contributed by atoms with van der Waals surface area (Å²) in [5.74, 6) is -1.02. The van der Waals surface area contributed by atoms with Crippen molar-refractivity contribution in [2.24, 2.45) is 11.8 Å². The van der Waals surface area contributed by atoms with E-state index in [1.807, 2.05) is 24.0 Å². The van der Waals surface area contributed by atoms with Gasteiger partial charge in [0.2, 0.25) is 5.91 Å². The smallest absolute Gasteiger partial charge is 0.312 e. The summed E-state index contributed by atoms with van der Waals surface area (Å²) >= 11 is 0. The van der Waals surface area contributed by atoms with Gasteiger partial charge in [-0.3, -0.25) is 9.59 Å². The van der Waals surface area contributed by atoms with Gasteiger partial charge in [-0.25, -0.2) is 0 Å². The first-order valence-electron chi connectivity index (χ1n) is 8.50. The second-order valence-electron chi connectivity index (χ2n) is 6.97. The van der Waals surface area contributed by atoms with Gasteiger partial charge in [0, 0.05) is 6.04 Å². The van der Waals surface area contributed by atoms with Crippen LogP contribution in [0.3, 0.4) is 0 Å². The number of carbonyl (C=O) groups excluding carboxylic acids is 2. The van der Waals surface area contributed by atoms with Gasteiger partial charge in [0.15, 0.2) is 0 Å². The van der Waals surface area contributed by atoms with Crippen LogP contribution in [0.2, 0.25) is 0 Å². The van der Waals surface area contributed by atoms with E-state index in [4.69, 9.17) is 9.47 Å². The Bertz CT molecular complexity index is 525. The molecular weight excluding hydrogens is 282 g/mol. The normalized spacial score (nSPS) is 39.8. The molecule has 0 unspecified atom stereocenters. The van der Waals surface area contributed by atoms with Crippen molar-refractivity contribution < 1.29 is 19.1 Å². The van der Waals surface area contributed by atoms with Crippen LogP contribution in [0, 0.1) is 11.8 Å². The zero-order valence-corrected chi connectivity index (χ0v) is 13.0. The Morgan fingerprint density at radius 3 is 2.95 bits per heavy atom. The summed E-state index contributed by atoms with van der Waals surface area (Å²) in [6.07, 6.45) is 8.99. The van der Waals surface area contributed by atoms with Crippen LogP contribution in [0.25, 0.3) is 0 Å². The molecule has 0 aromatic heterocycles. The molecule has 1 amide bonds. The van der Waals surface area contributed by atoms with Crippen molar-refractivity contribution in [2.45, 2.75) is 56.8 Å². The number of rotatable bonds is 4. The highest BCUT2D eigenvalue weighted by Gasteiger charge is 2.67. The lowest BCUT2D eigenvalue weighted by molar-refractivity contribution is -0.154. The van der Waals surface area contributed by atoms with Gasteiger partial charge in [-0.15, -0.1) is 0 Å². The lowest BCUT2D eigenvalue weighted by Gasteiger charge is -2.26. The second-order valence-corrected chi connectivity index (χ2v) is 6.97. The highest BCUT2D eigenvalue weighted by atomic mass is 16.6. The molecule has 2 bridgehead atoms. The molecule has 0 aromatic rings. The molecule has 3 fully saturated rings.